The van der Waals surface area contributed by atoms with Gasteiger partial charge in [0.05, 0.1) is 14.2 Å². The molecule has 19 heavy (non-hydrogen) atoms. The Hall–Kier alpha value is -0.870. The Morgan fingerprint density at radius 2 is 2.11 bits per heavy atom. The van der Waals surface area contributed by atoms with Gasteiger partial charge in [-0.1, -0.05) is 6.07 Å². The van der Waals surface area contributed by atoms with Gasteiger partial charge in [-0.3, -0.25) is 0 Å². The summed E-state index contributed by atoms with van der Waals surface area (Å²) in [5.41, 5.74) is 1.29. The zero-order valence-corrected chi connectivity index (χ0v) is 12.6. The zero-order chi connectivity index (χ0) is 13.5. The van der Waals surface area contributed by atoms with Gasteiger partial charge in [-0.2, -0.15) is 11.8 Å². The van der Waals surface area contributed by atoms with Crippen molar-refractivity contribution in [2.45, 2.75) is 25.3 Å². The number of methoxy groups -OCH3 is 2. The molecule has 0 radical (unpaired) electrons. The lowest BCUT2D eigenvalue weighted by molar-refractivity contribution is 0.354. The summed E-state index contributed by atoms with van der Waals surface area (Å²) in [5.74, 6) is 4.19. The van der Waals surface area contributed by atoms with E-state index >= 15 is 0 Å². The van der Waals surface area contributed by atoms with Gasteiger partial charge in [0.2, 0.25) is 0 Å². The minimum atomic E-state index is 0.693. The highest BCUT2D eigenvalue weighted by Gasteiger charge is 2.12. The molecular formula is C15H23NO2S. The van der Waals surface area contributed by atoms with Crippen molar-refractivity contribution >= 4 is 11.8 Å². The summed E-state index contributed by atoms with van der Waals surface area (Å²) < 4.78 is 10.6. The molecule has 1 atom stereocenters. The monoisotopic (exact) mass is 281 g/mol. The molecule has 1 heterocycles. The average molecular weight is 281 g/mol. The van der Waals surface area contributed by atoms with Crippen LogP contribution >= 0.6 is 11.8 Å². The Kier molecular flexibility index (Phi) is 5.86. The van der Waals surface area contributed by atoms with Crippen LogP contribution < -0.4 is 14.8 Å². The number of ether oxygens (including phenoxy) is 2. The van der Waals surface area contributed by atoms with Crippen LogP contribution in [0.2, 0.25) is 0 Å². The molecule has 106 valence electrons. The van der Waals surface area contributed by atoms with Crippen LogP contribution in [0.3, 0.4) is 0 Å². The van der Waals surface area contributed by atoms with Crippen molar-refractivity contribution in [2.24, 2.45) is 0 Å². The van der Waals surface area contributed by atoms with Gasteiger partial charge in [0.1, 0.15) is 0 Å². The predicted octanol–water partition coefficient (Wildman–Crippen LogP) is 2.73. The highest BCUT2D eigenvalue weighted by atomic mass is 32.2. The molecule has 1 aromatic carbocycles. The number of thioether (sulfide) groups is 1. The highest BCUT2D eigenvalue weighted by molar-refractivity contribution is 7.99. The van der Waals surface area contributed by atoms with E-state index in [9.17, 15) is 0 Å². The summed E-state index contributed by atoms with van der Waals surface area (Å²) in [6.45, 7) is 1.03. The van der Waals surface area contributed by atoms with Gasteiger partial charge in [0.15, 0.2) is 11.5 Å². The molecule has 0 amide bonds. The van der Waals surface area contributed by atoms with Crippen LogP contribution in [0.15, 0.2) is 18.2 Å². The van der Waals surface area contributed by atoms with Gasteiger partial charge >= 0.3 is 0 Å². The first-order valence-corrected chi connectivity index (χ1v) is 8.01. The van der Waals surface area contributed by atoms with Crippen LogP contribution in [0.5, 0.6) is 11.5 Å². The van der Waals surface area contributed by atoms with Crippen molar-refractivity contribution in [1.82, 2.24) is 5.32 Å². The molecule has 4 heteroatoms. The third-order valence-corrected chi connectivity index (χ3v) is 4.67. The Morgan fingerprint density at radius 3 is 2.79 bits per heavy atom. The maximum absolute atomic E-state index is 5.32. The molecule has 1 unspecified atom stereocenters. The van der Waals surface area contributed by atoms with Gasteiger partial charge < -0.3 is 14.8 Å². The molecular weight excluding hydrogens is 258 g/mol. The number of hydrogen-bond acceptors (Lipinski definition) is 4. The fourth-order valence-electron chi connectivity index (χ4n) is 2.36. The van der Waals surface area contributed by atoms with Crippen molar-refractivity contribution in [2.75, 3.05) is 32.3 Å². The summed E-state index contributed by atoms with van der Waals surface area (Å²) in [6.07, 6.45) is 3.69. The standard InChI is InChI=1S/C15H23NO2S/c1-17-14-6-5-12(10-15(14)18-2)7-8-16-13-4-3-9-19-11-13/h5-6,10,13,16H,3-4,7-9,11H2,1-2H3. The Morgan fingerprint density at radius 1 is 1.26 bits per heavy atom. The van der Waals surface area contributed by atoms with Crippen molar-refractivity contribution in [3.8, 4) is 11.5 Å². The van der Waals surface area contributed by atoms with E-state index < -0.39 is 0 Å². The maximum Gasteiger partial charge on any atom is 0.160 e. The summed E-state index contributed by atoms with van der Waals surface area (Å²) in [5, 5.41) is 3.64. The molecule has 0 aromatic heterocycles. The van der Waals surface area contributed by atoms with Crippen LogP contribution in [-0.4, -0.2) is 38.3 Å². The smallest absolute Gasteiger partial charge is 0.160 e. The van der Waals surface area contributed by atoms with Crippen molar-refractivity contribution < 1.29 is 9.47 Å². The molecule has 0 bridgehead atoms. The Labute approximate surface area is 120 Å². The molecule has 2 rings (SSSR count). The first-order chi connectivity index (χ1) is 9.33. The molecule has 1 N–H and O–H groups in total. The first kappa shape index (κ1) is 14.5. The minimum absolute atomic E-state index is 0.693. The van der Waals surface area contributed by atoms with E-state index in [2.05, 4.69) is 29.2 Å². The van der Waals surface area contributed by atoms with Gasteiger partial charge in [-0.15, -0.1) is 0 Å². The minimum Gasteiger partial charge on any atom is -0.493 e. The fourth-order valence-corrected chi connectivity index (χ4v) is 3.46. The molecule has 1 fully saturated rings. The van der Waals surface area contributed by atoms with Crippen molar-refractivity contribution in [1.29, 1.82) is 0 Å². The summed E-state index contributed by atoms with van der Waals surface area (Å²) >= 11 is 2.06. The quantitative estimate of drug-likeness (QED) is 0.868. The molecule has 1 aromatic rings. The van der Waals surface area contributed by atoms with Gasteiger partial charge in [0.25, 0.3) is 0 Å². The van der Waals surface area contributed by atoms with Gasteiger partial charge in [-0.25, -0.2) is 0 Å². The van der Waals surface area contributed by atoms with E-state index in [1.54, 1.807) is 14.2 Å². The number of rotatable bonds is 6. The van der Waals surface area contributed by atoms with Crippen molar-refractivity contribution in [3.63, 3.8) is 0 Å². The van der Waals surface area contributed by atoms with E-state index in [1.165, 1.54) is 29.9 Å². The van der Waals surface area contributed by atoms with Crippen LogP contribution in [0.25, 0.3) is 0 Å². The van der Waals surface area contributed by atoms with E-state index in [0.717, 1.165) is 24.5 Å². The molecule has 3 nitrogen and oxygen atoms in total. The molecule has 1 aliphatic heterocycles. The normalized spacial score (nSPS) is 19.2. The lowest BCUT2D eigenvalue weighted by Gasteiger charge is -2.22. The molecule has 0 saturated carbocycles. The lowest BCUT2D eigenvalue weighted by atomic mass is 10.1. The molecule has 0 aliphatic carbocycles. The van der Waals surface area contributed by atoms with Crippen molar-refractivity contribution in [3.05, 3.63) is 23.8 Å². The number of nitrogens with one attached hydrogen (secondary N) is 1. The van der Waals surface area contributed by atoms with Crippen LogP contribution in [0, 0.1) is 0 Å². The summed E-state index contributed by atoms with van der Waals surface area (Å²) in [4.78, 5) is 0. The largest absolute Gasteiger partial charge is 0.493 e. The summed E-state index contributed by atoms with van der Waals surface area (Å²) in [6, 6.07) is 6.85. The molecule has 1 aliphatic rings. The third kappa shape index (κ3) is 4.32. The zero-order valence-electron chi connectivity index (χ0n) is 11.8. The second-order valence-corrected chi connectivity index (χ2v) is 5.96. The van der Waals surface area contributed by atoms with Crippen LogP contribution in [0.4, 0.5) is 0 Å². The highest BCUT2D eigenvalue weighted by Crippen LogP contribution is 2.27. The average Bonchev–Trinajstić information content (AvgIpc) is 2.48. The maximum atomic E-state index is 5.32. The first-order valence-electron chi connectivity index (χ1n) is 6.85. The SMILES string of the molecule is COc1ccc(CCNC2CCCSC2)cc1OC. The van der Waals surface area contributed by atoms with E-state index in [4.69, 9.17) is 9.47 Å². The third-order valence-electron chi connectivity index (χ3n) is 3.45. The molecule has 1 saturated heterocycles. The van der Waals surface area contributed by atoms with E-state index in [1.807, 2.05) is 6.07 Å². The second-order valence-electron chi connectivity index (χ2n) is 4.81. The van der Waals surface area contributed by atoms with Crippen LogP contribution in [-0.2, 0) is 6.42 Å². The topological polar surface area (TPSA) is 30.5 Å². The van der Waals surface area contributed by atoms with E-state index in [0.29, 0.717) is 6.04 Å². The van der Waals surface area contributed by atoms with Gasteiger partial charge in [-0.05, 0) is 49.3 Å². The lowest BCUT2D eigenvalue weighted by Crippen LogP contribution is -2.35. The number of benzene rings is 1. The fraction of sp³-hybridized carbons (Fsp3) is 0.600. The summed E-state index contributed by atoms with van der Waals surface area (Å²) in [7, 11) is 3.35. The van der Waals surface area contributed by atoms with E-state index in [-0.39, 0.29) is 0 Å². The Balaban J connectivity index is 1.81. The Bertz CT molecular complexity index is 392. The van der Waals surface area contributed by atoms with Gasteiger partial charge in [0, 0.05) is 11.8 Å². The molecule has 0 spiro atoms. The second kappa shape index (κ2) is 7.65. The number of hydrogen-bond donors (Lipinski definition) is 1. The van der Waals surface area contributed by atoms with Crippen LogP contribution in [0.1, 0.15) is 18.4 Å². The predicted molar refractivity (Wildman–Crippen MR) is 81.6 cm³/mol.